The van der Waals surface area contributed by atoms with Crippen LogP contribution >= 0.6 is 24.0 Å². The van der Waals surface area contributed by atoms with Crippen LogP contribution in [0.4, 0.5) is 4.39 Å². The Labute approximate surface area is 235 Å². The van der Waals surface area contributed by atoms with Gasteiger partial charge in [-0.3, -0.25) is 4.79 Å². The lowest BCUT2D eigenvalue weighted by atomic mass is 9.92. The first-order valence-electron chi connectivity index (χ1n) is 12.7. The topological polar surface area (TPSA) is 38.3 Å². The van der Waals surface area contributed by atoms with Crippen molar-refractivity contribution in [2.24, 2.45) is 0 Å². The van der Waals surface area contributed by atoms with Crippen LogP contribution in [0.3, 0.4) is 0 Å². The van der Waals surface area contributed by atoms with Crippen LogP contribution in [0.2, 0.25) is 5.02 Å². The minimum atomic E-state index is -0.319. The Bertz CT molecular complexity index is 1410. The molecule has 6 heteroatoms. The Balaban J connectivity index is 0.00000400. The molecule has 0 aliphatic carbocycles. The lowest BCUT2D eigenvalue weighted by molar-refractivity contribution is -0.147. The molecule has 0 aliphatic rings. The first-order valence-corrected chi connectivity index (χ1v) is 13.1. The fraction of sp³-hybridized carbons (Fsp3) is 0.281. The average Bonchev–Trinajstić information content (AvgIpc) is 2.86. The van der Waals surface area contributed by atoms with E-state index in [4.69, 9.17) is 16.3 Å². The van der Waals surface area contributed by atoms with Crippen molar-refractivity contribution in [3.8, 4) is 11.1 Å². The highest BCUT2D eigenvalue weighted by Crippen LogP contribution is 2.34. The zero-order valence-electron chi connectivity index (χ0n) is 22.1. The molecule has 4 aromatic carbocycles. The highest BCUT2D eigenvalue weighted by molar-refractivity contribution is 6.30. The van der Waals surface area contributed by atoms with Crippen LogP contribution in [-0.2, 0) is 16.0 Å². The summed E-state index contributed by atoms with van der Waals surface area (Å²) in [6.07, 6.45) is 0.467. The van der Waals surface area contributed by atoms with Crippen LogP contribution in [0.5, 0.6) is 0 Å². The molecule has 0 saturated carbocycles. The normalized spacial score (nSPS) is 12.7. The van der Waals surface area contributed by atoms with Gasteiger partial charge >= 0.3 is 5.97 Å². The van der Waals surface area contributed by atoms with Gasteiger partial charge in [0.2, 0.25) is 0 Å². The van der Waals surface area contributed by atoms with E-state index in [1.807, 2.05) is 50.2 Å². The smallest absolute Gasteiger partial charge is 0.306 e. The second-order valence-electron chi connectivity index (χ2n) is 9.84. The summed E-state index contributed by atoms with van der Waals surface area (Å²) in [4.78, 5) is 12.0. The largest absolute Gasteiger partial charge is 0.463 e. The van der Waals surface area contributed by atoms with Crippen molar-refractivity contribution in [3.63, 3.8) is 0 Å². The Morgan fingerprint density at radius 2 is 1.63 bits per heavy atom. The number of carbonyl (C=O) groups excluding carboxylic acids is 1. The molecule has 0 fully saturated rings. The van der Waals surface area contributed by atoms with Crippen molar-refractivity contribution in [3.05, 3.63) is 106 Å². The number of ether oxygens (including phenoxy) is 1. The monoisotopic (exact) mass is 553 g/mol. The summed E-state index contributed by atoms with van der Waals surface area (Å²) in [5.41, 5.74) is 4.74. The molecule has 0 spiro atoms. The average molecular weight is 555 g/mol. The summed E-state index contributed by atoms with van der Waals surface area (Å²) in [6, 6.07) is 25.5. The van der Waals surface area contributed by atoms with Crippen molar-refractivity contribution in [2.75, 3.05) is 0 Å². The summed E-state index contributed by atoms with van der Waals surface area (Å²) in [5.74, 6) is -0.595. The standard InChI is InChI=1S/C32H33ClFNO2.ClH/c1-20(2)37-32(36)13-12-23-14-27(18-29(34)15-23)31-19-26(16-25-8-5-6-11-30(25)31)22(4)35-21(3)24-9-7-10-28(33)17-24;/h5-11,14-22,35H,12-13H2,1-4H3;1H/t21-,22?;/m1./s1. The maximum Gasteiger partial charge on any atom is 0.306 e. The van der Waals surface area contributed by atoms with Gasteiger partial charge in [0.15, 0.2) is 0 Å². The number of aryl methyl sites for hydroxylation is 1. The first-order chi connectivity index (χ1) is 17.7. The molecule has 0 radical (unpaired) electrons. The van der Waals surface area contributed by atoms with E-state index in [1.54, 1.807) is 6.07 Å². The van der Waals surface area contributed by atoms with Gasteiger partial charge < -0.3 is 10.1 Å². The third-order valence-electron chi connectivity index (χ3n) is 6.49. The number of hydrogen-bond acceptors (Lipinski definition) is 3. The maximum atomic E-state index is 14.8. The molecule has 0 aliphatic heterocycles. The van der Waals surface area contributed by atoms with Gasteiger partial charge in [-0.15, -0.1) is 12.4 Å². The molecule has 0 heterocycles. The van der Waals surface area contributed by atoms with Gasteiger partial charge in [0, 0.05) is 23.5 Å². The Morgan fingerprint density at radius 3 is 2.37 bits per heavy atom. The van der Waals surface area contributed by atoms with E-state index in [2.05, 4.69) is 49.5 Å². The second kappa shape index (κ2) is 13.2. The molecular formula is C32H34Cl2FNO2. The van der Waals surface area contributed by atoms with Crippen LogP contribution < -0.4 is 5.32 Å². The maximum absolute atomic E-state index is 14.8. The number of benzene rings is 4. The van der Waals surface area contributed by atoms with Crippen molar-refractivity contribution < 1.29 is 13.9 Å². The highest BCUT2D eigenvalue weighted by atomic mass is 35.5. The van der Waals surface area contributed by atoms with Crippen molar-refractivity contribution in [1.29, 1.82) is 0 Å². The van der Waals surface area contributed by atoms with Gasteiger partial charge in [-0.05, 0) is 109 Å². The number of halogens is 3. The molecule has 1 N–H and O–H groups in total. The predicted octanol–water partition coefficient (Wildman–Crippen LogP) is 9.02. The molecule has 3 nitrogen and oxygen atoms in total. The molecule has 0 saturated heterocycles. The molecular weight excluding hydrogens is 520 g/mol. The van der Waals surface area contributed by atoms with Crippen molar-refractivity contribution in [2.45, 2.75) is 58.7 Å². The minimum absolute atomic E-state index is 0. The SMILES string of the molecule is CC(C)OC(=O)CCc1cc(F)cc(-c2cc(C(C)N[C@H](C)c3cccc(Cl)c3)cc3ccccc23)c1.Cl. The predicted molar refractivity (Wildman–Crippen MR) is 158 cm³/mol. The third kappa shape index (κ3) is 7.57. The summed E-state index contributed by atoms with van der Waals surface area (Å²) in [5, 5.41) is 6.53. The van der Waals surface area contributed by atoms with E-state index in [0.29, 0.717) is 11.4 Å². The van der Waals surface area contributed by atoms with E-state index in [0.717, 1.165) is 38.6 Å². The minimum Gasteiger partial charge on any atom is -0.463 e. The second-order valence-corrected chi connectivity index (χ2v) is 10.3. The molecule has 2 atom stereocenters. The van der Waals surface area contributed by atoms with Gasteiger partial charge in [-0.2, -0.15) is 0 Å². The van der Waals surface area contributed by atoms with Gasteiger partial charge in [-0.1, -0.05) is 54.1 Å². The van der Waals surface area contributed by atoms with E-state index in [-0.39, 0.29) is 48.8 Å². The Hall–Kier alpha value is -2.92. The van der Waals surface area contributed by atoms with Gasteiger partial charge in [0.05, 0.1) is 6.10 Å². The molecule has 0 bridgehead atoms. The molecule has 0 amide bonds. The molecule has 200 valence electrons. The van der Waals surface area contributed by atoms with Gasteiger partial charge in [0.1, 0.15) is 5.82 Å². The van der Waals surface area contributed by atoms with Crippen molar-refractivity contribution in [1.82, 2.24) is 5.32 Å². The van der Waals surface area contributed by atoms with Crippen LogP contribution in [0.15, 0.2) is 78.9 Å². The number of hydrogen-bond donors (Lipinski definition) is 1. The Morgan fingerprint density at radius 1 is 0.895 bits per heavy atom. The van der Waals surface area contributed by atoms with Gasteiger partial charge in [0.25, 0.3) is 0 Å². The van der Waals surface area contributed by atoms with Crippen LogP contribution in [0.1, 0.15) is 62.9 Å². The fourth-order valence-electron chi connectivity index (χ4n) is 4.68. The molecule has 4 rings (SSSR count). The van der Waals surface area contributed by atoms with E-state index in [9.17, 15) is 9.18 Å². The highest BCUT2D eigenvalue weighted by Gasteiger charge is 2.16. The zero-order chi connectivity index (χ0) is 26.5. The fourth-order valence-corrected chi connectivity index (χ4v) is 4.88. The summed E-state index contributed by atoms with van der Waals surface area (Å²) in [7, 11) is 0. The summed E-state index contributed by atoms with van der Waals surface area (Å²) in [6.45, 7) is 7.89. The van der Waals surface area contributed by atoms with Crippen LogP contribution in [0.25, 0.3) is 21.9 Å². The molecule has 0 aromatic heterocycles. The zero-order valence-corrected chi connectivity index (χ0v) is 23.7. The van der Waals surface area contributed by atoms with E-state index in [1.165, 1.54) is 6.07 Å². The number of rotatable bonds is 9. The van der Waals surface area contributed by atoms with Crippen molar-refractivity contribution >= 4 is 40.7 Å². The molecule has 1 unspecified atom stereocenters. The van der Waals surface area contributed by atoms with Crippen LogP contribution in [0, 0.1) is 5.82 Å². The van der Waals surface area contributed by atoms with Crippen LogP contribution in [-0.4, -0.2) is 12.1 Å². The number of fused-ring (bicyclic) bond motifs is 1. The van der Waals surface area contributed by atoms with Gasteiger partial charge in [-0.25, -0.2) is 4.39 Å². The number of esters is 1. The Kier molecular flexibility index (Phi) is 10.3. The lowest BCUT2D eigenvalue weighted by Gasteiger charge is -2.22. The quantitative estimate of drug-likeness (QED) is 0.210. The third-order valence-corrected chi connectivity index (χ3v) is 6.72. The lowest BCUT2D eigenvalue weighted by Crippen LogP contribution is -2.22. The number of nitrogens with one attached hydrogen (secondary N) is 1. The molecule has 38 heavy (non-hydrogen) atoms. The summed E-state index contributed by atoms with van der Waals surface area (Å²) >= 11 is 6.20. The van der Waals surface area contributed by atoms with E-state index >= 15 is 0 Å². The van der Waals surface area contributed by atoms with E-state index < -0.39 is 0 Å². The number of carbonyl (C=O) groups is 1. The molecule has 4 aromatic rings. The summed E-state index contributed by atoms with van der Waals surface area (Å²) < 4.78 is 20.0. The first kappa shape index (κ1) is 29.6.